The van der Waals surface area contributed by atoms with Crippen molar-refractivity contribution in [3.8, 4) is 11.5 Å². The number of hydrogen-bond acceptors (Lipinski definition) is 3. The zero-order valence-corrected chi connectivity index (χ0v) is 22.3. The van der Waals surface area contributed by atoms with Gasteiger partial charge in [0.15, 0.2) is 0 Å². The fourth-order valence-corrected chi connectivity index (χ4v) is 4.60. The van der Waals surface area contributed by atoms with Crippen LogP contribution in [0.2, 0.25) is 0 Å². The van der Waals surface area contributed by atoms with E-state index < -0.39 is 10.5 Å². The summed E-state index contributed by atoms with van der Waals surface area (Å²) in [7, 11) is 0. The van der Waals surface area contributed by atoms with E-state index in [0.29, 0.717) is 23.0 Å². The lowest BCUT2D eigenvalue weighted by atomic mass is 9.93. The summed E-state index contributed by atoms with van der Waals surface area (Å²) < 4.78 is 6.07. The van der Waals surface area contributed by atoms with Crippen molar-refractivity contribution in [3.63, 3.8) is 0 Å². The third-order valence-electron chi connectivity index (χ3n) is 6.58. The molecule has 0 bridgehead atoms. The van der Waals surface area contributed by atoms with E-state index in [2.05, 4.69) is 38.1 Å². The first kappa shape index (κ1) is 26.7. The molecule has 0 aliphatic carbocycles. The Morgan fingerprint density at radius 2 is 0.892 bits per heavy atom. The molecule has 2 atom stereocenters. The molecular weight excluding hydrogens is 503 g/mol. The van der Waals surface area contributed by atoms with Gasteiger partial charge in [-0.2, -0.15) is 0 Å². The summed E-state index contributed by atoms with van der Waals surface area (Å²) in [6.45, 7) is 4.37. The third-order valence-corrected chi connectivity index (χ3v) is 7.02. The lowest BCUT2D eigenvalue weighted by Gasteiger charge is -2.15. The summed E-state index contributed by atoms with van der Waals surface area (Å²) in [5, 5.41) is -0.875. The molecule has 0 fully saturated rings. The minimum atomic E-state index is -0.437. The van der Waals surface area contributed by atoms with Gasteiger partial charge in [0.25, 0.3) is 10.5 Å². The molecule has 2 unspecified atom stereocenters. The van der Waals surface area contributed by atoms with Gasteiger partial charge in [-0.25, -0.2) is 0 Å². The molecule has 0 aliphatic rings. The molecule has 0 heterocycles. The summed E-state index contributed by atoms with van der Waals surface area (Å²) in [4.78, 5) is 22.5. The van der Waals surface area contributed by atoms with Gasteiger partial charge in [0, 0.05) is 11.1 Å². The number of carbonyl (C=O) groups excluding carboxylic acids is 2. The molecule has 37 heavy (non-hydrogen) atoms. The highest BCUT2D eigenvalue weighted by molar-refractivity contribution is 6.68. The Balaban J connectivity index is 1.32. The Hall–Kier alpha value is -3.40. The van der Waals surface area contributed by atoms with Crippen molar-refractivity contribution in [2.75, 3.05) is 0 Å². The quantitative estimate of drug-likeness (QED) is 0.192. The van der Waals surface area contributed by atoms with Crippen LogP contribution in [0.3, 0.4) is 0 Å². The van der Waals surface area contributed by atoms with E-state index in [1.54, 1.807) is 24.3 Å². The number of halogens is 2. The van der Waals surface area contributed by atoms with E-state index in [1.165, 1.54) is 11.1 Å². The summed E-state index contributed by atoms with van der Waals surface area (Å²) in [5.41, 5.74) is 5.78. The van der Waals surface area contributed by atoms with Crippen LogP contribution in [0.4, 0.5) is 0 Å². The summed E-state index contributed by atoms with van der Waals surface area (Å²) in [6, 6.07) is 31.2. The van der Waals surface area contributed by atoms with E-state index in [9.17, 15) is 9.59 Å². The molecule has 4 aromatic rings. The Labute approximate surface area is 228 Å². The van der Waals surface area contributed by atoms with Gasteiger partial charge in [-0.1, -0.05) is 62.4 Å². The fraction of sp³-hybridized carbons (Fsp3) is 0.188. The second-order valence-electron chi connectivity index (χ2n) is 9.39. The number of benzene rings is 4. The third kappa shape index (κ3) is 7.31. The van der Waals surface area contributed by atoms with Crippen LogP contribution in [-0.2, 0) is 12.8 Å². The standard InChI is InChI=1S/C32H28Cl2O3/c1-21(19-23-3-7-27(8-4-23)31(33)35)25-11-15-29(16-12-25)37-30-17-13-26(14-18-30)22(2)20-24-5-9-28(10-6-24)32(34)36/h3-18,21-22H,19-20H2,1-2H3. The minimum absolute atomic E-state index is 0.319. The van der Waals surface area contributed by atoms with Gasteiger partial charge in [0.1, 0.15) is 11.5 Å². The number of carbonyl (C=O) groups is 2. The molecule has 0 aliphatic heterocycles. The Morgan fingerprint density at radius 1 is 0.568 bits per heavy atom. The highest BCUT2D eigenvalue weighted by atomic mass is 35.5. The monoisotopic (exact) mass is 530 g/mol. The van der Waals surface area contributed by atoms with E-state index in [-0.39, 0.29) is 0 Å². The van der Waals surface area contributed by atoms with Crippen LogP contribution in [0.15, 0.2) is 97.1 Å². The van der Waals surface area contributed by atoms with Crippen molar-refractivity contribution >= 4 is 33.7 Å². The highest BCUT2D eigenvalue weighted by Gasteiger charge is 2.11. The molecule has 0 spiro atoms. The van der Waals surface area contributed by atoms with Crippen LogP contribution in [-0.4, -0.2) is 10.5 Å². The predicted molar refractivity (Wildman–Crippen MR) is 150 cm³/mol. The van der Waals surface area contributed by atoms with Crippen LogP contribution in [0.1, 0.15) is 68.7 Å². The first-order valence-corrected chi connectivity index (χ1v) is 13.0. The molecule has 0 saturated carbocycles. The SMILES string of the molecule is CC(Cc1ccc(C(=O)Cl)cc1)c1ccc(Oc2ccc(C(C)Cc3ccc(C(=O)Cl)cc3)cc2)cc1. The van der Waals surface area contributed by atoms with E-state index in [0.717, 1.165) is 35.5 Å². The van der Waals surface area contributed by atoms with E-state index in [1.807, 2.05) is 48.5 Å². The first-order valence-electron chi connectivity index (χ1n) is 12.2. The maximum atomic E-state index is 11.2. The fourth-order valence-electron chi connectivity index (χ4n) is 4.35. The molecule has 0 radical (unpaired) electrons. The largest absolute Gasteiger partial charge is 0.457 e. The van der Waals surface area contributed by atoms with Crippen molar-refractivity contribution in [3.05, 3.63) is 130 Å². The molecule has 4 aromatic carbocycles. The van der Waals surface area contributed by atoms with Gasteiger partial charge in [0.05, 0.1) is 0 Å². The number of hydrogen-bond donors (Lipinski definition) is 0. The Morgan fingerprint density at radius 3 is 1.19 bits per heavy atom. The highest BCUT2D eigenvalue weighted by Crippen LogP contribution is 2.28. The molecule has 3 nitrogen and oxygen atoms in total. The molecule has 188 valence electrons. The van der Waals surface area contributed by atoms with Crippen LogP contribution in [0.5, 0.6) is 11.5 Å². The molecule has 0 amide bonds. The van der Waals surface area contributed by atoms with E-state index >= 15 is 0 Å². The topological polar surface area (TPSA) is 43.4 Å². The second-order valence-corrected chi connectivity index (χ2v) is 10.1. The molecule has 0 N–H and O–H groups in total. The molecule has 0 saturated heterocycles. The summed E-state index contributed by atoms with van der Waals surface area (Å²) in [6.07, 6.45) is 1.73. The maximum Gasteiger partial charge on any atom is 0.252 e. The second kappa shape index (κ2) is 12.2. The van der Waals surface area contributed by atoms with Crippen molar-refractivity contribution in [1.82, 2.24) is 0 Å². The van der Waals surface area contributed by atoms with Crippen molar-refractivity contribution < 1.29 is 14.3 Å². The summed E-state index contributed by atoms with van der Waals surface area (Å²) >= 11 is 11.1. The normalized spacial score (nSPS) is 12.5. The van der Waals surface area contributed by atoms with Crippen LogP contribution in [0.25, 0.3) is 0 Å². The first-order chi connectivity index (χ1) is 17.8. The zero-order chi connectivity index (χ0) is 26.4. The number of rotatable bonds is 10. The number of ether oxygens (including phenoxy) is 1. The maximum absolute atomic E-state index is 11.2. The van der Waals surface area contributed by atoms with Crippen molar-refractivity contribution in [2.24, 2.45) is 0 Å². The Kier molecular flexibility index (Phi) is 8.81. The molecule has 5 heteroatoms. The smallest absolute Gasteiger partial charge is 0.252 e. The van der Waals surface area contributed by atoms with Crippen LogP contribution in [0, 0.1) is 0 Å². The lowest BCUT2D eigenvalue weighted by Crippen LogP contribution is -2.00. The minimum Gasteiger partial charge on any atom is -0.457 e. The molecular formula is C32H28Cl2O3. The van der Waals surface area contributed by atoms with Gasteiger partial charge in [-0.05, 0) is 119 Å². The Bertz CT molecular complexity index is 1240. The zero-order valence-electron chi connectivity index (χ0n) is 20.8. The van der Waals surface area contributed by atoms with Gasteiger partial charge < -0.3 is 4.74 Å². The summed E-state index contributed by atoms with van der Waals surface area (Å²) in [5.74, 6) is 2.21. The average Bonchev–Trinajstić information content (AvgIpc) is 2.90. The van der Waals surface area contributed by atoms with Crippen LogP contribution < -0.4 is 4.74 Å². The van der Waals surface area contributed by atoms with Gasteiger partial charge in [-0.15, -0.1) is 0 Å². The van der Waals surface area contributed by atoms with Gasteiger partial charge in [0.2, 0.25) is 0 Å². The lowest BCUT2D eigenvalue weighted by molar-refractivity contribution is 0.107. The van der Waals surface area contributed by atoms with Crippen molar-refractivity contribution in [2.45, 2.75) is 38.5 Å². The van der Waals surface area contributed by atoms with E-state index in [4.69, 9.17) is 27.9 Å². The average molecular weight is 531 g/mol. The molecule has 4 rings (SSSR count). The molecule has 0 aromatic heterocycles. The predicted octanol–water partition coefficient (Wildman–Crippen LogP) is 8.93. The van der Waals surface area contributed by atoms with Gasteiger partial charge >= 0.3 is 0 Å². The van der Waals surface area contributed by atoms with Crippen LogP contribution >= 0.6 is 23.2 Å². The van der Waals surface area contributed by atoms with Gasteiger partial charge in [-0.3, -0.25) is 9.59 Å². The van der Waals surface area contributed by atoms with Crippen molar-refractivity contribution in [1.29, 1.82) is 0 Å².